The predicted octanol–water partition coefficient (Wildman–Crippen LogP) is 2.40. The highest BCUT2D eigenvalue weighted by atomic mass is 16.3. The Labute approximate surface area is 174 Å². The van der Waals surface area contributed by atoms with Crippen LogP contribution >= 0.6 is 0 Å². The summed E-state index contributed by atoms with van der Waals surface area (Å²) in [6, 6.07) is 10.2. The molecule has 29 heavy (non-hydrogen) atoms. The number of hydrogen-bond acceptors (Lipinski definition) is 4. The van der Waals surface area contributed by atoms with Crippen molar-refractivity contribution in [1.29, 1.82) is 0 Å². The third-order valence-corrected chi connectivity index (χ3v) is 6.20. The molecule has 6 nitrogen and oxygen atoms in total. The first-order valence-corrected chi connectivity index (χ1v) is 10.8. The maximum Gasteiger partial charge on any atom is 0.276 e. The minimum absolute atomic E-state index is 0.0668. The van der Waals surface area contributed by atoms with Crippen molar-refractivity contribution in [3.8, 4) is 5.69 Å². The highest BCUT2D eigenvalue weighted by molar-refractivity contribution is 5.33. The van der Waals surface area contributed by atoms with Gasteiger partial charge in [-0.3, -0.25) is 19.3 Å². The maximum absolute atomic E-state index is 13.2. The molecule has 6 heteroatoms. The molecule has 3 rings (SSSR count). The van der Waals surface area contributed by atoms with E-state index in [2.05, 4.69) is 23.6 Å². The van der Waals surface area contributed by atoms with E-state index in [9.17, 15) is 9.90 Å². The van der Waals surface area contributed by atoms with E-state index in [1.807, 2.05) is 49.0 Å². The van der Waals surface area contributed by atoms with Gasteiger partial charge in [0.2, 0.25) is 0 Å². The molecular formula is C23H36N4O2. The fourth-order valence-corrected chi connectivity index (χ4v) is 4.27. The Morgan fingerprint density at radius 2 is 1.90 bits per heavy atom. The van der Waals surface area contributed by atoms with Gasteiger partial charge in [-0.2, -0.15) is 0 Å². The van der Waals surface area contributed by atoms with Gasteiger partial charge in [0, 0.05) is 51.6 Å². The molecule has 160 valence electrons. The third-order valence-electron chi connectivity index (χ3n) is 6.20. The van der Waals surface area contributed by atoms with Crippen molar-refractivity contribution in [3.63, 3.8) is 0 Å². The first kappa shape index (κ1) is 21.8. The number of rotatable bonds is 8. The van der Waals surface area contributed by atoms with E-state index in [1.54, 1.807) is 4.68 Å². The number of hydrogen-bond donors (Lipinski definition) is 1. The average Bonchev–Trinajstić information content (AvgIpc) is 2.91. The summed E-state index contributed by atoms with van der Waals surface area (Å²) < 4.78 is 3.71. The van der Waals surface area contributed by atoms with E-state index in [4.69, 9.17) is 0 Å². The number of para-hydroxylation sites is 1. The lowest BCUT2D eigenvalue weighted by Crippen LogP contribution is -2.53. The molecule has 0 saturated carbocycles. The zero-order chi connectivity index (χ0) is 21.0. The van der Waals surface area contributed by atoms with Gasteiger partial charge in [0.15, 0.2) is 0 Å². The van der Waals surface area contributed by atoms with Crippen LogP contribution in [-0.4, -0.2) is 63.1 Å². The van der Waals surface area contributed by atoms with Crippen molar-refractivity contribution >= 4 is 0 Å². The van der Waals surface area contributed by atoms with E-state index in [0.717, 1.165) is 49.5 Å². The monoisotopic (exact) mass is 400 g/mol. The number of piperazine rings is 1. The normalized spacial score (nSPS) is 18.6. The molecule has 1 aromatic carbocycles. The van der Waals surface area contributed by atoms with Gasteiger partial charge in [-0.05, 0) is 44.4 Å². The summed E-state index contributed by atoms with van der Waals surface area (Å²) in [7, 11) is 1.95. The highest BCUT2D eigenvalue weighted by Crippen LogP contribution is 2.18. The lowest BCUT2D eigenvalue weighted by atomic mass is 10.0. The molecule has 0 amide bonds. The van der Waals surface area contributed by atoms with Crippen molar-refractivity contribution in [2.75, 3.05) is 32.8 Å². The van der Waals surface area contributed by atoms with Gasteiger partial charge in [-0.1, -0.05) is 32.0 Å². The van der Waals surface area contributed by atoms with E-state index >= 15 is 0 Å². The van der Waals surface area contributed by atoms with Crippen LogP contribution in [-0.2, 0) is 13.6 Å². The summed E-state index contributed by atoms with van der Waals surface area (Å²) in [6.45, 7) is 11.4. The molecule has 0 unspecified atom stereocenters. The van der Waals surface area contributed by atoms with Gasteiger partial charge < -0.3 is 5.11 Å². The molecule has 0 aliphatic carbocycles. The molecule has 2 heterocycles. The van der Waals surface area contributed by atoms with Gasteiger partial charge in [0.05, 0.1) is 11.3 Å². The molecule has 0 spiro atoms. The van der Waals surface area contributed by atoms with Gasteiger partial charge >= 0.3 is 0 Å². The molecule has 2 aromatic rings. The van der Waals surface area contributed by atoms with Gasteiger partial charge in [0.25, 0.3) is 5.56 Å². The minimum atomic E-state index is 0.0668. The molecule has 0 bridgehead atoms. The van der Waals surface area contributed by atoms with Crippen LogP contribution in [0, 0.1) is 12.8 Å². The highest BCUT2D eigenvalue weighted by Gasteiger charge is 2.28. The smallest absolute Gasteiger partial charge is 0.276 e. The molecule has 1 atom stereocenters. The van der Waals surface area contributed by atoms with Crippen molar-refractivity contribution in [3.05, 3.63) is 51.9 Å². The Morgan fingerprint density at radius 3 is 2.55 bits per heavy atom. The number of aliphatic hydroxyl groups excluding tert-OH is 1. The van der Waals surface area contributed by atoms with E-state index in [0.29, 0.717) is 18.5 Å². The number of aliphatic hydroxyl groups is 1. The molecule has 1 aliphatic rings. The Bertz CT molecular complexity index is 841. The van der Waals surface area contributed by atoms with E-state index in [1.165, 1.54) is 6.42 Å². The Kier molecular flexibility index (Phi) is 7.33. The predicted molar refractivity (Wildman–Crippen MR) is 118 cm³/mol. The van der Waals surface area contributed by atoms with Crippen LogP contribution < -0.4 is 5.56 Å². The molecule has 1 aromatic heterocycles. The average molecular weight is 401 g/mol. The van der Waals surface area contributed by atoms with Crippen molar-refractivity contribution < 1.29 is 5.11 Å². The van der Waals surface area contributed by atoms with Crippen LogP contribution in [0.15, 0.2) is 35.1 Å². The number of aromatic nitrogens is 2. The van der Waals surface area contributed by atoms with Gasteiger partial charge in [-0.25, -0.2) is 4.68 Å². The topological polar surface area (TPSA) is 53.6 Å². The van der Waals surface area contributed by atoms with Crippen molar-refractivity contribution in [2.45, 2.75) is 46.2 Å². The SMILES string of the molecule is Cc1c(CN2CCN(CCC(C)C)[C@H](CCO)C2)c(=O)n(-c2ccccc2)n1C. The second-order valence-electron chi connectivity index (χ2n) is 8.66. The van der Waals surface area contributed by atoms with Crippen molar-refractivity contribution in [1.82, 2.24) is 19.2 Å². The largest absolute Gasteiger partial charge is 0.396 e. The second kappa shape index (κ2) is 9.74. The fourth-order valence-electron chi connectivity index (χ4n) is 4.27. The molecule has 1 saturated heterocycles. The molecule has 0 radical (unpaired) electrons. The van der Waals surface area contributed by atoms with Gasteiger partial charge in [-0.15, -0.1) is 0 Å². The first-order chi connectivity index (χ1) is 13.9. The van der Waals surface area contributed by atoms with Crippen LogP contribution in [0.1, 0.15) is 37.9 Å². The molecule has 1 fully saturated rings. The summed E-state index contributed by atoms with van der Waals surface area (Å²) in [5.41, 5.74) is 2.85. The Morgan fingerprint density at radius 1 is 1.17 bits per heavy atom. The quantitative estimate of drug-likeness (QED) is 0.739. The van der Waals surface area contributed by atoms with Crippen molar-refractivity contribution in [2.24, 2.45) is 13.0 Å². The van der Waals surface area contributed by atoms with Crippen LogP contribution in [0.4, 0.5) is 0 Å². The van der Waals surface area contributed by atoms with Crippen LogP contribution in [0.5, 0.6) is 0 Å². The summed E-state index contributed by atoms with van der Waals surface area (Å²) >= 11 is 0. The van der Waals surface area contributed by atoms with E-state index in [-0.39, 0.29) is 12.2 Å². The fraction of sp³-hybridized carbons (Fsp3) is 0.609. The number of nitrogens with zero attached hydrogens (tertiary/aromatic N) is 4. The molecular weight excluding hydrogens is 364 g/mol. The molecule has 1 aliphatic heterocycles. The van der Waals surface area contributed by atoms with E-state index < -0.39 is 0 Å². The Hall–Kier alpha value is -1.89. The van der Waals surface area contributed by atoms with Crippen LogP contribution in [0.25, 0.3) is 5.69 Å². The zero-order valence-electron chi connectivity index (χ0n) is 18.3. The minimum Gasteiger partial charge on any atom is -0.396 e. The maximum atomic E-state index is 13.2. The second-order valence-corrected chi connectivity index (χ2v) is 8.66. The van der Waals surface area contributed by atoms with Crippen LogP contribution in [0.2, 0.25) is 0 Å². The summed E-state index contributed by atoms with van der Waals surface area (Å²) in [5.74, 6) is 0.686. The Balaban J connectivity index is 1.76. The summed E-state index contributed by atoms with van der Waals surface area (Å²) in [6.07, 6.45) is 1.97. The van der Waals surface area contributed by atoms with Gasteiger partial charge in [0.1, 0.15) is 0 Å². The first-order valence-electron chi connectivity index (χ1n) is 10.8. The summed E-state index contributed by atoms with van der Waals surface area (Å²) in [5, 5.41) is 9.54. The lowest BCUT2D eigenvalue weighted by molar-refractivity contribution is 0.0521. The standard InChI is InChI=1S/C23H36N4O2/c1-18(2)10-12-26-14-13-25(16-21(26)11-15-28)17-22-19(3)24(4)27(23(22)29)20-8-6-5-7-9-20/h5-9,18,21,28H,10-17H2,1-4H3/t21-/m1/s1. The summed E-state index contributed by atoms with van der Waals surface area (Å²) in [4.78, 5) is 18.1. The van der Waals surface area contributed by atoms with Crippen LogP contribution in [0.3, 0.4) is 0 Å². The lowest BCUT2D eigenvalue weighted by Gasteiger charge is -2.41. The molecule has 1 N–H and O–H groups in total. The zero-order valence-corrected chi connectivity index (χ0v) is 18.3. The number of benzene rings is 1. The third kappa shape index (κ3) is 5.00.